The number of hydrogen-bond donors (Lipinski definition) is 1. The van der Waals surface area contributed by atoms with Crippen molar-refractivity contribution in [2.45, 2.75) is 25.3 Å². The molecule has 218 valence electrons. The molecule has 0 aliphatic carbocycles. The Morgan fingerprint density at radius 1 is 0.977 bits per heavy atom. The van der Waals surface area contributed by atoms with Crippen LogP contribution >= 0.6 is 0 Å². The van der Waals surface area contributed by atoms with Crippen molar-refractivity contribution in [3.05, 3.63) is 99.5 Å². The molecular weight excluding hydrogens is 550 g/mol. The quantitative estimate of drug-likeness (QED) is 0.358. The Hall–Kier alpha value is -5.19. The molecule has 0 unspecified atom stereocenters. The Kier molecular flexibility index (Phi) is 6.19. The summed E-state index contributed by atoms with van der Waals surface area (Å²) in [4.78, 5) is 63.6. The van der Waals surface area contributed by atoms with E-state index in [0.717, 1.165) is 21.6 Å². The first-order valence-electron chi connectivity index (χ1n) is 14.1. The van der Waals surface area contributed by atoms with Gasteiger partial charge in [-0.3, -0.25) is 29.0 Å². The highest BCUT2D eigenvalue weighted by Crippen LogP contribution is 2.52. The molecule has 2 atom stereocenters. The Morgan fingerprint density at radius 3 is 2.58 bits per heavy atom. The van der Waals surface area contributed by atoms with Crippen molar-refractivity contribution in [1.29, 1.82) is 0 Å². The third-order valence-electron chi connectivity index (χ3n) is 8.85. The zero-order chi connectivity index (χ0) is 29.9. The summed E-state index contributed by atoms with van der Waals surface area (Å²) in [5.41, 5.74) is 1.29. The van der Waals surface area contributed by atoms with Crippen molar-refractivity contribution >= 4 is 29.3 Å². The number of nitrogens with zero attached hydrogens (tertiary/aromatic N) is 4. The summed E-state index contributed by atoms with van der Waals surface area (Å²) in [6.45, 7) is 0.470. The van der Waals surface area contributed by atoms with E-state index < -0.39 is 29.3 Å². The van der Waals surface area contributed by atoms with E-state index in [9.17, 15) is 19.2 Å². The number of imide groups is 2. The van der Waals surface area contributed by atoms with Crippen molar-refractivity contribution in [3.63, 3.8) is 0 Å². The Bertz CT molecular complexity index is 1890. The number of barbiturate groups is 1. The van der Waals surface area contributed by atoms with E-state index in [0.29, 0.717) is 42.4 Å². The van der Waals surface area contributed by atoms with Gasteiger partial charge in [0.2, 0.25) is 11.8 Å². The number of carbonyl (C=O) groups is 3. The molecule has 2 aromatic heterocycles. The highest BCUT2D eigenvalue weighted by atomic mass is 16.5. The van der Waals surface area contributed by atoms with Gasteiger partial charge < -0.3 is 14.4 Å². The van der Waals surface area contributed by atoms with Crippen LogP contribution in [0, 0.1) is 5.41 Å². The largest absolute Gasteiger partial charge is 0.493 e. The molecule has 1 fully saturated rings. The summed E-state index contributed by atoms with van der Waals surface area (Å²) in [7, 11) is 3.08. The van der Waals surface area contributed by atoms with E-state index >= 15 is 0 Å². The standard InChI is InChI=1S/C32H29N5O6/c1-42-23-11-10-19(17-24(23)43-2)12-15-37-30(40)32(29(39)34-31(37)41)18-22-27(33-25-9-5-6-14-35(25)28(22)38)36-16-13-20-7-3-4-8-21(20)26(32)36/h3-11,14,17,26H,12-13,15-16,18H2,1-2H3,(H,34,39,41)/t26-,32+/m1/s1. The Balaban J connectivity index is 1.35. The van der Waals surface area contributed by atoms with Gasteiger partial charge >= 0.3 is 6.03 Å². The summed E-state index contributed by atoms with van der Waals surface area (Å²) < 4.78 is 12.2. The monoisotopic (exact) mass is 579 g/mol. The summed E-state index contributed by atoms with van der Waals surface area (Å²) in [5, 5.41) is 2.48. The maximum Gasteiger partial charge on any atom is 0.330 e. The second-order valence-electron chi connectivity index (χ2n) is 11.0. The lowest BCUT2D eigenvalue weighted by Crippen LogP contribution is -2.70. The van der Waals surface area contributed by atoms with Crippen LogP contribution in [0.2, 0.25) is 0 Å². The predicted octanol–water partition coefficient (Wildman–Crippen LogP) is 2.68. The first-order valence-corrected chi connectivity index (χ1v) is 14.1. The highest BCUT2D eigenvalue weighted by molar-refractivity contribution is 6.20. The van der Waals surface area contributed by atoms with Gasteiger partial charge in [-0.2, -0.15) is 0 Å². The third-order valence-corrected chi connectivity index (χ3v) is 8.85. The summed E-state index contributed by atoms with van der Waals surface area (Å²) >= 11 is 0. The van der Waals surface area contributed by atoms with Crippen molar-refractivity contribution in [1.82, 2.24) is 19.6 Å². The molecule has 0 saturated carbocycles. The van der Waals surface area contributed by atoms with E-state index in [1.54, 1.807) is 37.6 Å². The average Bonchev–Trinajstić information content (AvgIpc) is 3.03. The van der Waals surface area contributed by atoms with E-state index in [4.69, 9.17) is 14.5 Å². The summed E-state index contributed by atoms with van der Waals surface area (Å²) in [5.74, 6) is 0.221. The lowest BCUT2D eigenvalue weighted by molar-refractivity contribution is -0.154. The molecule has 43 heavy (non-hydrogen) atoms. The number of anilines is 1. The fourth-order valence-corrected chi connectivity index (χ4v) is 6.79. The van der Waals surface area contributed by atoms with Gasteiger partial charge in [0.15, 0.2) is 16.9 Å². The number of urea groups is 1. The fourth-order valence-electron chi connectivity index (χ4n) is 6.79. The van der Waals surface area contributed by atoms with Gasteiger partial charge in [-0.1, -0.05) is 36.4 Å². The first kappa shape index (κ1) is 26.7. The van der Waals surface area contributed by atoms with Gasteiger partial charge in [-0.25, -0.2) is 9.78 Å². The second kappa shape index (κ2) is 9.97. The molecule has 7 rings (SSSR count). The minimum atomic E-state index is -1.76. The van der Waals surface area contributed by atoms with Crippen LogP contribution in [0.25, 0.3) is 5.65 Å². The molecule has 1 saturated heterocycles. The molecule has 1 spiro atoms. The number of amides is 4. The molecule has 0 bridgehead atoms. The molecule has 4 aromatic rings. The average molecular weight is 580 g/mol. The van der Waals surface area contributed by atoms with E-state index in [1.807, 2.05) is 41.3 Å². The number of pyridine rings is 1. The molecule has 2 aromatic carbocycles. The van der Waals surface area contributed by atoms with Gasteiger partial charge in [0.1, 0.15) is 11.5 Å². The molecule has 3 aliphatic rings. The molecule has 11 heteroatoms. The zero-order valence-electron chi connectivity index (χ0n) is 23.7. The second-order valence-corrected chi connectivity index (χ2v) is 11.0. The number of rotatable bonds is 5. The number of hydrogen-bond acceptors (Lipinski definition) is 8. The van der Waals surface area contributed by atoms with E-state index in [2.05, 4.69) is 5.32 Å². The summed E-state index contributed by atoms with van der Waals surface area (Å²) in [6.07, 6.45) is 2.40. The van der Waals surface area contributed by atoms with Crippen LogP contribution in [0.15, 0.2) is 71.7 Å². The van der Waals surface area contributed by atoms with Crippen LogP contribution in [-0.2, 0) is 28.9 Å². The number of benzene rings is 2. The lowest BCUT2D eigenvalue weighted by Gasteiger charge is -2.53. The maximum atomic E-state index is 14.7. The number of ether oxygens (including phenoxy) is 2. The van der Waals surface area contributed by atoms with Crippen LogP contribution in [0.3, 0.4) is 0 Å². The minimum Gasteiger partial charge on any atom is -0.493 e. The lowest BCUT2D eigenvalue weighted by atomic mass is 9.65. The predicted molar refractivity (Wildman–Crippen MR) is 156 cm³/mol. The number of nitrogens with one attached hydrogen (secondary N) is 1. The van der Waals surface area contributed by atoms with Gasteiger partial charge in [-0.15, -0.1) is 0 Å². The van der Waals surface area contributed by atoms with Crippen molar-refractivity contribution in [2.75, 3.05) is 32.2 Å². The maximum absolute atomic E-state index is 14.7. The number of fused-ring (bicyclic) bond motifs is 7. The molecular formula is C32H29N5O6. The van der Waals surface area contributed by atoms with Crippen molar-refractivity contribution < 1.29 is 23.9 Å². The molecule has 5 heterocycles. The molecule has 11 nitrogen and oxygen atoms in total. The van der Waals surface area contributed by atoms with Crippen LogP contribution in [0.1, 0.15) is 28.3 Å². The molecule has 4 amide bonds. The molecule has 3 aliphatic heterocycles. The number of methoxy groups -OCH3 is 2. The Labute approximate surface area is 246 Å². The highest BCUT2D eigenvalue weighted by Gasteiger charge is 2.64. The third kappa shape index (κ3) is 3.91. The topological polar surface area (TPSA) is 123 Å². The van der Waals surface area contributed by atoms with Gasteiger partial charge in [0, 0.05) is 25.7 Å². The number of carbonyl (C=O) groups excluding carboxylic acids is 3. The van der Waals surface area contributed by atoms with E-state index in [1.165, 1.54) is 11.5 Å². The van der Waals surface area contributed by atoms with Crippen LogP contribution in [0.5, 0.6) is 11.5 Å². The zero-order valence-corrected chi connectivity index (χ0v) is 23.7. The number of aromatic nitrogens is 2. The summed E-state index contributed by atoms with van der Waals surface area (Å²) in [6, 6.07) is 16.8. The van der Waals surface area contributed by atoms with E-state index in [-0.39, 0.29) is 24.1 Å². The van der Waals surface area contributed by atoms with Gasteiger partial charge in [-0.05, 0) is 53.8 Å². The van der Waals surface area contributed by atoms with Crippen LogP contribution < -0.4 is 25.2 Å². The Morgan fingerprint density at radius 2 is 1.77 bits per heavy atom. The SMILES string of the molecule is COc1ccc(CCN2C(=O)NC(=O)[C@@]3(Cc4c(nc5ccccn5c4=O)N4CCc5ccccc5[C@@H]43)C2=O)cc1OC. The van der Waals surface area contributed by atoms with Crippen LogP contribution in [0.4, 0.5) is 10.6 Å². The minimum absolute atomic E-state index is 0.0192. The molecule has 0 radical (unpaired) electrons. The molecule has 1 N–H and O–H groups in total. The smallest absolute Gasteiger partial charge is 0.330 e. The first-order chi connectivity index (χ1) is 20.9. The normalized spacial score (nSPS) is 20.9. The van der Waals surface area contributed by atoms with Gasteiger partial charge in [0.05, 0.1) is 25.8 Å². The van der Waals surface area contributed by atoms with Crippen molar-refractivity contribution in [2.24, 2.45) is 5.41 Å². The van der Waals surface area contributed by atoms with Gasteiger partial charge in [0.25, 0.3) is 5.56 Å². The van der Waals surface area contributed by atoms with Crippen LogP contribution in [-0.4, -0.2) is 59.4 Å². The van der Waals surface area contributed by atoms with Crippen molar-refractivity contribution in [3.8, 4) is 11.5 Å². The fraction of sp³-hybridized carbons (Fsp3) is 0.281.